The lowest BCUT2D eigenvalue weighted by Crippen LogP contribution is -2.42. The lowest BCUT2D eigenvalue weighted by molar-refractivity contribution is -0.143. The number of nitrogens with zero attached hydrogens (tertiary/aromatic N) is 2. The number of hydrogen-bond acceptors (Lipinski definition) is 5. The summed E-state index contributed by atoms with van der Waals surface area (Å²) in [6, 6.07) is 41.8. The number of amides is 1. The number of ketones is 1. The molecule has 1 aromatic heterocycles. The molecule has 6 aromatic rings. The van der Waals surface area contributed by atoms with Crippen LogP contribution in [-0.4, -0.2) is 27.8 Å². The summed E-state index contributed by atoms with van der Waals surface area (Å²) < 4.78 is 0. The maximum absolute atomic E-state index is 14.9. The number of carboxylic acids is 1. The quantitative estimate of drug-likeness (QED) is 0.164. The zero-order chi connectivity index (χ0) is 33.2. The highest BCUT2D eigenvalue weighted by Gasteiger charge is 2.46. The van der Waals surface area contributed by atoms with Crippen LogP contribution in [0.3, 0.4) is 0 Å². The Bertz CT molecular complexity index is 2130. The van der Waals surface area contributed by atoms with Gasteiger partial charge in [-0.15, -0.1) is 0 Å². The SMILES string of the molecule is CC[C@H](NC(=O)c1c(N2c3ccccc3C(C(=O)O)C(=O)C2c2ccccc2)c(-c2ccccc2)nc2ccccc12)c1ccccc1. The van der Waals surface area contributed by atoms with Gasteiger partial charge in [0.15, 0.2) is 5.78 Å². The number of benzene rings is 5. The van der Waals surface area contributed by atoms with Crippen LogP contribution in [-0.2, 0) is 9.59 Å². The van der Waals surface area contributed by atoms with Crippen molar-refractivity contribution in [1.29, 1.82) is 0 Å². The summed E-state index contributed by atoms with van der Waals surface area (Å²) in [5.74, 6) is -3.44. The molecular weight excluding hydrogens is 598 g/mol. The Labute approximate surface area is 278 Å². The lowest BCUT2D eigenvalue weighted by atomic mass is 9.80. The van der Waals surface area contributed by atoms with Crippen LogP contribution < -0.4 is 10.2 Å². The molecule has 3 atom stereocenters. The Hall–Kier alpha value is -6.08. The Morgan fingerprint density at radius 2 is 1.40 bits per heavy atom. The molecule has 2 unspecified atom stereocenters. The second kappa shape index (κ2) is 13.0. The molecule has 0 spiro atoms. The number of carboxylic acid groups (broad SMARTS) is 1. The summed E-state index contributed by atoms with van der Waals surface area (Å²) in [4.78, 5) is 49.2. The van der Waals surface area contributed by atoms with Crippen LogP contribution in [0.4, 0.5) is 11.4 Å². The molecular formula is C41H33N3O4. The molecule has 0 fully saturated rings. The largest absolute Gasteiger partial charge is 0.480 e. The number of rotatable bonds is 8. The highest BCUT2D eigenvalue weighted by atomic mass is 16.4. The van der Waals surface area contributed by atoms with Gasteiger partial charge in [0.2, 0.25) is 0 Å². The molecule has 1 amide bonds. The summed E-state index contributed by atoms with van der Waals surface area (Å²) in [6.45, 7) is 2.02. The molecule has 2 heterocycles. The van der Waals surface area contributed by atoms with E-state index in [1.54, 1.807) is 12.1 Å². The minimum absolute atomic E-state index is 0.282. The van der Waals surface area contributed by atoms with Crippen molar-refractivity contribution in [3.63, 3.8) is 0 Å². The summed E-state index contributed by atoms with van der Waals surface area (Å²) in [5.41, 5.74) is 5.12. The summed E-state index contributed by atoms with van der Waals surface area (Å²) in [5, 5.41) is 14.3. The van der Waals surface area contributed by atoms with E-state index >= 15 is 0 Å². The molecule has 0 radical (unpaired) electrons. The maximum Gasteiger partial charge on any atom is 0.318 e. The second-order valence-corrected chi connectivity index (χ2v) is 11.8. The fourth-order valence-electron chi connectivity index (χ4n) is 6.78. The Balaban J connectivity index is 1.58. The van der Waals surface area contributed by atoms with Gasteiger partial charge >= 0.3 is 5.97 Å². The molecule has 236 valence electrons. The molecule has 7 heteroatoms. The number of para-hydroxylation sites is 2. The fourth-order valence-corrected chi connectivity index (χ4v) is 6.78. The molecule has 7 nitrogen and oxygen atoms in total. The van der Waals surface area contributed by atoms with Crippen molar-refractivity contribution in [3.05, 3.63) is 162 Å². The first-order chi connectivity index (χ1) is 23.5. The monoisotopic (exact) mass is 631 g/mol. The average Bonchev–Trinajstić information content (AvgIpc) is 3.13. The zero-order valence-electron chi connectivity index (χ0n) is 26.3. The third kappa shape index (κ3) is 5.39. The Morgan fingerprint density at radius 3 is 2.08 bits per heavy atom. The van der Waals surface area contributed by atoms with E-state index in [-0.39, 0.29) is 11.9 Å². The Kier molecular flexibility index (Phi) is 8.26. The van der Waals surface area contributed by atoms with Crippen LogP contribution >= 0.6 is 0 Å². The molecule has 48 heavy (non-hydrogen) atoms. The van der Waals surface area contributed by atoms with Crippen molar-refractivity contribution in [2.75, 3.05) is 4.90 Å². The first-order valence-corrected chi connectivity index (χ1v) is 16.0. The number of anilines is 2. The second-order valence-electron chi connectivity index (χ2n) is 11.8. The number of aromatic nitrogens is 1. The van der Waals surface area contributed by atoms with Gasteiger partial charge in [-0.3, -0.25) is 14.4 Å². The van der Waals surface area contributed by atoms with E-state index in [1.165, 1.54) is 0 Å². The van der Waals surface area contributed by atoms with Gasteiger partial charge in [-0.2, -0.15) is 0 Å². The van der Waals surface area contributed by atoms with Gasteiger partial charge in [-0.05, 0) is 35.2 Å². The number of pyridine rings is 1. The van der Waals surface area contributed by atoms with E-state index in [0.717, 1.165) is 11.1 Å². The van der Waals surface area contributed by atoms with Gasteiger partial charge in [-0.1, -0.05) is 134 Å². The minimum atomic E-state index is -1.39. The van der Waals surface area contributed by atoms with E-state index in [4.69, 9.17) is 4.98 Å². The molecule has 7 rings (SSSR count). The number of carbonyl (C=O) groups excluding carboxylic acids is 2. The van der Waals surface area contributed by atoms with Crippen LogP contribution in [0.5, 0.6) is 0 Å². The molecule has 0 bridgehead atoms. The summed E-state index contributed by atoms with van der Waals surface area (Å²) in [7, 11) is 0. The van der Waals surface area contributed by atoms with Crippen molar-refractivity contribution in [2.24, 2.45) is 0 Å². The molecule has 0 aliphatic carbocycles. The number of hydrogen-bond donors (Lipinski definition) is 2. The average molecular weight is 632 g/mol. The van der Waals surface area contributed by atoms with E-state index in [1.807, 2.05) is 139 Å². The van der Waals surface area contributed by atoms with Crippen molar-refractivity contribution in [1.82, 2.24) is 10.3 Å². The number of aliphatic carboxylic acids is 1. The molecule has 1 aliphatic rings. The van der Waals surface area contributed by atoms with Gasteiger partial charge in [0.05, 0.1) is 28.5 Å². The standard InChI is InChI=1S/C41H33N3O4/c1-2-31(26-16-6-3-7-17-26)43-40(46)34-29-22-12-14-24-32(29)42-36(27-18-8-4-9-19-27)38(34)44-33-25-15-13-23-30(33)35(41(47)48)39(45)37(44)28-20-10-5-11-21-28/h3-25,31,35,37H,2H2,1H3,(H,43,46)(H,47,48)/t31-,35?,37?/m0/s1. The van der Waals surface area contributed by atoms with E-state index in [2.05, 4.69) is 5.32 Å². The molecule has 2 N–H and O–H groups in total. The van der Waals surface area contributed by atoms with Crippen LogP contribution in [0.1, 0.15) is 58.4 Å². The van der Waals surface area contributed by atoms with Crippen LogP contribution in [0.2, 0.25) is 0 Å². The van der Waals surface area contributed by atoms with Gasteiger partial charge in [-0.25, -0.2) is 4.98 Å². The van der Waals surface area contributed by atoms with Crippen molar-refractivity contribution in [2.45, 2.75) is 31.3 Å². The Morgan fingerprint density at radius 1 is 0.792 bits per heavy atom. The number of Topliss-reactive ketones (excluding diaryl/α,β-unsaturated/α-hetero) is 1. The summed E-state index contributed by atoms with van der Waals surface area (Å²) >= 11 is 0. The number of carbonyl (C=O) groups is 3. The van der Waals surface area contributed by atoms with Gasteiger partial charge in [0, 0.05) is 16.6 Å². The number of nitrogens with one attached hydrogen (secondary N) is 1. The van der Waals surface area contributed by atoms with Crippen LogP contribution in [0.25, 0.3) is 22.2 Å². The molecule has 1 aliphatic heterocycles. The fraction of sp³-hybridized carbons (Fsp3) is 0.122. The van der Waals surface area contributed by atoms with Crippen LogP contribution in [0, 0.1) is 0 Å². The summed E-state index contributed by atoms with van der Waals surface area (Å²) in [6.07, 6.45) is 0.650. The van der Waals surface area contributed by atoms with Gasteiger partial charge in [0.25, 0.3) is 5.91 Å². The van der Waals surface area contributed by atoms with Crippen molar-refractivity contribution >= 4 is 39.9 Å². The first-order valence-electron chi connectivity index (χ1n) is 16.0. The van der Waals surface area contributed by atoms with Crippen molar-refractivity contribution < 1.29 is 19.5 Å². The van der Waals surface area contributed by atoms with E-state index in [9.17, 15) is 19.5 Å². The smallest absolute Gasteiger partial charge is 0.318 e. The molecule has 0 saturated heterocycles. The first kappa shape index (κ1) is 30.6. The highest BCUT2D eigenvalue weighted by molar-refractivity contribution is 6.18. The third-order valence-electron chi connectivity index (χ3n) is 8.98. The predicted molar refractivity (Wildman–Crippen MR) is 187 cm³/mol. The molecule has 0 saturated carbocycles. The molecule has 5 aromatic carbocycles. The van der Waals surface area contributed by atoms with Crippen molar-refractivity contribution in [3.8, 4) is 11.3 Å². The lowest BCUT2D eigenvalue weighted by Gasteiger charge is -2.42. The third-order valence-corrected chi connectivity index (χ3v) is 8.98. The topological polar surface area (TPSA) is 99.6 Å². The van der Waals surface area contributed by atoms with Gasteiger partial charge in [0.1, 0.15) is 12.0 Å². The van der Waals surface area contributed by atoms with Gasteiger partial charge < -0.3 is 15.3 Å². The maximum atomic E-state index is 14.9. The predicted octanol–water partition coefficient (Wildman–Crippen LogP) is 8.41. The normalized spacial score (nSPS) is 16.3. The minimum Gasteiger partial charge on any atom is -0.480 e. The van der Waals surface area contributed by atoms with E-state index in [0.29, 0.717) is 51.1 Å². The van der Waals surface area contributed by atoms with Crippen LogP contribution in [0.15, 0.2) is 140 Å². The highest BCUT2D eigenvalue weighted by Crippen LogP contribution is 2.51. The number of fused-ring (bicyclic) bond motifs is 2. The zero-order valence-corrected chi connectivity index (χ0v) is 26.3. The van der Waals surface area contributed by atoms with E-state index < -0.39 is 23.7 Å².